The van der Waals surface area contributed by atoms with Crippen molar-refractivity contribution < 1.29 is 9.90 Å². The molecule has 6 heteroatoms. The molecule has 0 aliphatic heterocycles. The summed E-state index contributed by atoms with van der Waals surface area (Å²) in [5, 5.41) is 17.8. The van der Waals surface area contributed by atoms with Crippen LogP contribution in [-0.4, -0.2) is 10.9 Å². The lowest BCUT2D eigenvalue weighted by atomic mass is 10.3. The highest BCUT2D eigenvalue weighted by atomic mass is 35.5. The number of nitrogens with zero attached hydrogens (tertiary/aromatic N) is 2. The molecule has 1 aliphatic rings. The number of azo groups is 1. The Labute approximate surface area is 108 Å². The van der Waals surface area contributed by atoms with Crippen LogP contribution in [0, 0.1) is 0 Å². The van der Waals surface area contributed by atoms with Crippen molar-refractivity contribution in [2.45, 2.75) is 12.8 Å². The maximum absolute atomic E-state index is 11.3. The van der Waals surface area contributed by atoms with Gasteiger partial charge in [-0.1, -0.05) is 23.2 Å². The van der Waals surface area contributed by atoms with Crippen LogP contribution >= 0.6 is 23.2 Å². The predicted octanol–water partition coefficient (Wildman–Crippen LogP) is 4.21. The van der Waals surface area contributed by atoms with Crippen LogP contribution in [0.15, 0.2) is 39.9 Å². The number of benzene rings is 1. The average Bonchev–Trinajstić information content (AvgIpc) is 2.55. The highest BCUT2D eigenvalue weighted by Gasteiger charge is 2.22. The van der Waals surface area contributed by atoms with Gasteiger partial charge in [0, 0.05) is 22.9 Å². The minimum absolute atomic E-state index is 0.0149. The summed E-state index contributed by atoms with van der Waals surface area (Å²) in [5.41, 5.74) is 0.448. The van der Waals surface area contributed by atoms with Gasteiger partial charge in [0.1, 0.15) is 5.76 Å². The summed E-state index contributed by atoms with van der Waals surface area (Å²) in [6.45, 7) is 0. The van der Waals surface area contributed by atoms with Crippen molar-refractivity contribution in [3.8, 4) is 0 Å². The van der Waals surface area contributed by atoms with Crippen molar-refractivity contribution in [2.24, 2.45) is 10.2 Å². The van der Waals surface area contributed by atoms with Crippen LogP contribution in [0.3, 0.4) is 0 Å². The van der Waals surface area contributed by atoms with Gasteiger partial charge in [0.2, 0.25) is 0 Å². The van der Waals surface area contributed by atoms with Crippen LogP contribution in [0.2, 0.25) is 10.0 Å². The topological polar surface area (TPSA) is 62.0 Å². The first-order valence-electron chi connectivity index (χ1n) is 4.89. The molecule has 0 fully saturated rings. The number of halogens is 2. The first kappa shape index (κ1) is 12.1. The van der Waals surface area contributed by atoms with Gasteiger partial charge in [0.15, 0.2) is 11.5 Å². The lowest BCUT2D eigenvalue weighted by molar-refractivity contribution is -0.114. The quantitative estimate of drug-likeness (QED) is 0.819. The molecule has 1 aliphatic carbocycles. The fourth-order valence-corrected chi connectivity index (χ4v) is 1.96. The molecule has 0 aromatic heterocycles. The molecule has 0 saturated heterocycles. The highest BCUT2D eigenvalue weighted by Crippen LogP contribution is 2.27. The van der Waals surface area contributed by atoms with Crippen LogP contribution in [0.4, 0.5) is 5.69 Å². The number of carbonyl (C=O) groups is 1. The van der Waals surface area contributed by atoms with E-state index < -0.39 is 0 Å². The lowest BCUT2D eigenvalue weighted by Crippen LogP contribution is -1.92. The van der Waals surface area contributed by atoms with E-state index in [1.807, 2.05) is 0 Å². The van der Waals surface area contributed by atoms with Gasteiger partial charge in [-0.05, 0) is 18.2 Å². The SMILES string of the molecule is O=C1CCC(O)=C1N=Nc1cc(Cl)cc(Cl)c1. The maximum Gasteiger partial charge on any atom is 0.186 e. The Morgan fingerprint density at radius 1 is 1.06 bits per heavy atom. The molecule has 17 heavy (non-hydrogen) atoms. The zero-order valence-electron chi connectivity index (χ0n) is 8.65. The van der Waals surface area contributed by atoms with E-state index in [9.17, 15) is 9.90 Å². The molecule has 2 rings (SSSR count). The number of ketones is 1. The summed E-state index contributed by atoms with van der Waals surface area (Å²) in [5.74, 6) is -0.230. The molecule has 0 unspecified atom stereocenters. The molecule has 0 radical (unpaired) electrons. The number of carbonyl (C=O) groups excluding carboxylic acids is 1. The Bertz CT molecular complexity index is 518. The smallest absolute Gasteiger partial charge is 0.186 e. The summed E-state index contributed by atoms with van der Waals surface area (Å²) in [7, 11) is 0. The second-order valence-corrected chi connectivity index (χ2v) is 4.42. The molecular weight excluding hydrogens is 263 g/mol. The molecule has 1 aromatic carbocycles. The van der Waals surface area contributed by atoms with Gasteiger partial charge in [-0.25, -0.2) is 0 Å². The van der Waals surface area contributed by atoms with E-state index in [2.05, 4.69) is 10.2 Å². The van der Waals surface area contributed by atoms with Gasteiger partial charge in [0.25, 0.3) is 0 Å². The molecule has 0 amide bonds. The Kier molecular flexibility index (Phi) is 3.45. The van der Waals surface area contributed by atoms with Gasteiger partial charge in [-0.3, -0.25) is 4.79 Å². The first-order chi connectivity index (χ1) is 8.06. The minimum Gasteiger partial charge on any atom is -0.510 e. The van der Waals surface area contributed by atoms with Crippen molar-refractivity contribution >= 4 is 34.7 Å². The average molecular weight is 271 g/mol. The van der Waals surface area contributed by atoms with Crippen LogP contribution in [0.5, 0.6) is 0 Å². The highest BCUT2D eigenvalue weighted by molar-refractivity contribution is 6.35. The van der Waals surface area contributed by atoms with Gasteiger partial charge < -0.3 is 5.11 Å². The summed E-state index contributed by atoms with van der Waals surface area (Å²) in [4.78, 5) is 11.3. The largest absolute Gasteiger partial charge is 0.510 e. The number of hydrogen-bond donors (Lipinski definition) is 1. The van der Waals surface area contributed by atoms with Crippen molar-refractivity contribution in [2.75, 3.05) is 0 Å². The third kappa shape index (κ3) is 2.84. The number of aliphatic hydroxyl groups is 1. The van der Waals surface area contributed by atoms with E-state index in [1.54, 1.807) is 18.2 Å². The molecule has 0 bridgehead atoms. The molecule has 1 N–H and O–H groups in total. The Balaban J connectivity index is 2.26. The lowest BCUT2D eigenvalue weighted by Gasteiger charge is -1.96. The molecule has 0 heterocycles. The number of rotatable bonds is 2. The maximum atomic E-state index is 11.3. The van der Waals surface area contributed by atoms with Crippen molar-refractivity contribution in [3.63, 3.8) is 0 Å². The first-order valence-corrected chi connectivity index (χ1v) is 5.65. The second-order valence-electron chi connectivity index (χ2n) is 3.55. The normalized spacial score (nSPS) is 16.2. The van der Waals surface area contributed by atoms with Crippen LogP contribution in [0.1, 0.15) is 12.8 Å². The molecule has 0 saturated carbocycles. The Morgan fingerprint density at radius 3 is 2.24 bits per heavy atom. The number of allylic oxidation sites excluding steroid dienone is 2. The fraction of sp³-hybridized carbons (Fsp3) is 0.182. The molecule has 4 nitrogen and oxygen atoms in total. The molecule has 0 atom stereocenters. The minimum atomic E-state index is -0.209. The molecule has 0 spiro atoms. The van der Waals surface area contributed by atoms with E-state index in [4.69, 9.17) is 23.2 Å². The number of hydrogen-bond acceptors (Lipinski definition) is 4. The van der Waals surface area contributed by atoms with Crippen molar-refractivity contribution in [1.29, 1.82) is 0 Å². The fourth-order valence-electron chi connectivity index (χ4n) is 1.45. The van der Waals surface area contributed by atoms with Gasteiger partial charge in [-0.15, -0.1) is 5.11 Å². The second kappa shape index (κ2) is 4.85. The van der Waals surface area contributed by atoms with E-state index in [0.29, 0.717) is 22.2 Å². The van der Waals surface area contributed by atoms with Crippen LogP contribution in [0.25, 0.3) is 0 Å². The zero-order chi connectivity index (χ0) is 12.4. The van der Waals surface area contributed by atoms with Crippen LogP contribution in [-0.2, 0) is 4.79 Å². The third-order valence-electron chi connectivity index (χ3n) is 2.24. The molecule has 88 valence electrons. The number of Topliss-reactive ketones (excluding diaryl/α,β-unsaturated/α-hetero) is 1. The molecular formula is C11H8Cl2N2O2. The van der Waals surface area contributed by atoms with Gasteiger partial charge in [0.05, 0.1) is 5.69 Å². The Hall–Kier alpha value is -1.39. The standard InChI is InChI=1S/C11H8Cl2N2O2/c12-6-3-7(13)5-8(4-6)14-15-11-9(16)1-2-10(11)17/h3-5,16H,1-2H2. The summed E-state index contributed by atoms with van der Waals surface area (Å²) < 4.78 is 0. The van der Waals surface area contributed by atoms with E-state index in [1.165, 1.54) is 0 Å². The zero-order valence-corrected chi connectivity index (χ0v) is 10.2. The van der Waals surface area contributed by atoms with Gasteiger partial charge in [-0.2, -0.15) is 5.11 Å². The summed E-state index contributed by atoms with van der Waals surface area (Å²) in [6.07, 6.45) is 0.597. The Morgan fingerprint density at radius 2 is 1.71 bits per heavy atom. The van der Waals surface area contributed by atoms with E-state index in [-0.39, 0.29) is 23.7 Å². The van der Waals surface area contributed by atoms with E-state index >= 15 is 0 Å². The predicted molar refractivity (Wildman–Crippen MR) is 64.9 cm³/mol. The van der Waals surface area contributed by atoms with Crippen LogP contribution < -0.4 is 0 Å². The van der Waals surface area contributed by atoms with Crippen molar-refractivity contribution in [3.05, 3.63) is 39.7 Å². The van der Waals surface area contributed by atoms with Crippen molar-refractivity contribution in [1.82, 2.24) is 0 Å². The monoisotopic (exact) mass is 270 g/mol. The summed E-state index contributed by atoms with van der Waals surface area (Å²) in [6, 6.07) is 4.70. The summed E-state index contributed by atoms with van der Waals surface area (Å²) >= 11 is 11.6. The third-order valence-corrected chi connectivity index (χ3v) is 2.68. The van der Waals surface area contributed by atoms with Gasteiger partial charge >= 0.3 is 0 Å². The number of aliphatic hydroxyl groups excluding tert-OH is 1. The molecule has 1 aromatic rings. The van der Waals surface area contributed by atoms with E-state index in [0.717, 1.165) is 0 Å².